The summed E-state index contributed by atoms with van der Waals surface area (Å²) in [5.74, 6) is -0.495. The van der Waals surface area contributed by atoms with E-state index in [-0.39, 0.29) is 22.0 Å². The molecular weight excluding hydrogens is 312 g/mol. The average molecular weight is 321 g/mol. The van der Waals surface area contributed by atoms with Crippen LogP contribution in [0.15, 0.2) is 34.7 Å². The zero-order valence-electron chi connectivity index (χ0n) is 10.8. The second kappa shape index (κ2) is 5.27. The van der Waals surface area contributed by atoms with E-state index in [0.29, 0.717) is 10.7 Å². The second-order valence-corrected chi connectivity index (χ2v) is 5.46. The summed E-state index contributed by atoms with van der Waals surface area (Å²) in [6.45, 7) is 1.67. The van der Waals surface area contributed by atoms with E-state index < -0.39 is 5.91 Å². The van der Waals surface area contributed by atoms with Crippen LogP contribution in [0.1, 0.15) is 16.1 Å². The van der Waals surface area contributed by atoms with Crippen LogP contribution >= 0.6 is 22.9 Å². The van der Waals surface area contributed by atoms with E-state index in [4.69, 9.17) is 11.6 Å². The highest BCUT2D eigenvalue weighted by molar-refractivity contribution is 7.15. The van der Waals surface area contributed by atoms with Crippen LogP contribution in [-0.4, -0.2) is 20.3 Å². The van der Waals surface area contributed by atoms with Gasteiger partial charge >= 0.3 is 0 Å². The molecule has 1 N–H and O–H groups in total. The van der Waals surface area contributed by atoms with Gasteiger partial charge in [0.05, 0.1) is 11.3 Å². The first-order chi connectivity index (χ1) is 10.1. The number of amides is 1. The number of carbonyl (C=O) groups is 1. The van der Waals surface area contributed by atoms with Crippen molar-refractivity contribution in [1.82, 2.24) is 14.4 Å². The largest absolute Gasteiger partial charge is 0.316 e. The van der Waals surface area contributed by atoms with Crippen LogP contribution in [0.2, 0.25) is 5.15 Å². The average Bonchev–Trinajstić information content (AvgIpc) is 2.92. The molecule has 6 nitrogen and oxygen atoms in total. The molecule has 0 aliphatic carbocycles. The molecule has 3 aromatic heterocycles. The van der Waals surface area contributed by atoms with Crippen molar-refractivity contribution in [1.29, 1.82) is 0 Å². The lowest BCUT2D eigenvalue weighted by atomic mass is 10.2. The number of anilines is 1. The summed E-state index contributed by atoms with van der Waals surface area (Å²) < 4.78 is 1.39. The Labute approximate surface area is 128 Å². The van der Waals surface area contributed by atoms with Gasteiger partial charge in [0, 0.05) is 17.8 Å². The lowest BCUT2D eigenvalue weighted by molar-refractivity contribution is 0.102. The maximum atomic E-state index is 12.3. The van der Waals surface area contributed by atoms with Crippen LogP contribution in [-0.2, 0) is 0 Å². The molecule has 0 radical (unpaired) electrons. The van der Waals surface area contributed by atoms with Crippen LogP contribution in [0.4, 0.5) is 5.69 Å². The minimum Gasteiger partial charge on any atom is -0.316 e. The lowest BCUT2D eigenvalue weighted by Gasteiger charge is -2.08. The number of pyridine rings is 1. The minimum atomic E-state index is -0.495. The van der Waals surface area contributed by atoms with Gasteiger partial charge in [-0.3, -0.25) is 14.0 Å². The molecular formula is C13H9ClN4O2S. The van der Waals surface area contributed by atoms with Crippen molar-refractivity contribution in [2.24, 2.45) is 0 Å². The number of nitrogens with zero attached hydrogens (tertiary/aromatic N) is 3. The highest BCUT2D eigenvalue weighted by Crippen LogP contribution is 2.16. The number of hydrogen-bond acceptors (Lipinski definition) is 5. The maximum Gasteiger partial charge on any atom is 0.282 e. The highest BCUT2D eigenvalue weighted by Gasteiger charge is 2.16. The first kappa shape index (κ1) is 13.7. The predicted octanol–water partition coefficient (Wildman–Crippen LogP) is 2.37. The summed E-state index contributed by atoms with van der Waals surface area (Å²) in [5, 5.41) is 4.40. The number of rotatable bonds is 2. The Morgan fingerprint density at radius 2 is 2.29 bits per heavy atom. The maximum absolute atomic E-state index is 12.3. The molecule has 3 heterocycles. The summed E-state index contributed by atoms with van der Waals surface area (Å²) in [5.41, 5.74) is 0.465. The van der Waals surface area contributed by atoms with E-state index in [1.54, 1.807) is 24.6 Å². The summed E-state index contributed by atoms with van der Waals surface area (Å²) in [6.07, 6.45) is 3.10. The Morgan fingerprint density at radius 3 is 3.05 bits per heavy atom. The molecule has 0 atom stereocenters. The van der Waals surface area contributed by atoms with Crippen molar-refractivity contribution in [2.45, 2.75) is 6.92 Å². The normalized spacial score (nSPS) is 10.8. The Kier molecular flexibility index (Phi) is 3.44. The molecule has 0 fully saturated rings. The van der Waals surface area contributed by atoms with Crippen molar-refractivity contribution in [2.75, 3.05) is 5.32 Å². The van der Waals surface area contributed by atoms with Gasteiger partial charge in [-0.15, -0.1) is 11.3 Å². The topological polar surface area (TPSA) is 76.4 Å². The van der Waals surface area contributed by atoms with Crippen molar-refractivity contribution >= 4 is 39.5 Å². The van der Waals surface area contributed by atoms with Gasteiger partial charge in [-0.1, -0.05) is 11.6 Å². The number of carbonyl (C=O) groups excluding carboxylic acids is 1. The molecule has 0 bridgehead atoms. The van der Waals surface area contributed by atoms with Crippen LogP contribution in [0.25, 0.3) is 4.96 Å². The number of thiazole rings is 1. The molecule has 106 valence electrons. The molecule has 0 aliphatic rings. The van der Waals surface area contributed by atoms with E-state index in [1.807, 2.05) is 0 Å². The third-order valence-electron chi connectivity index (χ3n) is 2.89. The fourth-order valence-electron chi connectivity index (χ4n) is 1.86. The summed E-state index contributed by atoms with van der Waals surface area (Å²) in [7, 11) is 0. The zero-order valence-corrected chi connectivity index (χ0v) is 12.4. The third-order valence-corrected chi connectivity index (χ3v) is 3.95. The van der Waals surface area contributed by atoms with Gasteiger partial charge < -0.3 is 5.32 Å². The Bertz CT molecular complexity index is 903. The molecule has 1 amide bonds. The number of hydrogen-bond donors (Lipinski definition) is 1. The number of aryl methyl sites for hydroxylation is 1. The SMILES string of the molecule is Cc1nc2sccn2c(=O)c1NC(=O)c1cccnc1Cl. The van der Waals surface area contributed by atoms with Crippen molar-refractivity contribution < 1.29 is 4.79 Å². The van der Waals surface area contributed by atoms with E-state index >= 15 is 0 Å². The molecule has 21 heavy (non-hydrogen) atoms. The van der Waals surface area contributed by atoms with Gasteiger partial charge in [0.15, 0.2) is 4.96 Å². The predicted molar refractivity (Wildman–Crippen MR) is 81.3 cm³/mol. The number of nitrogens with one attached hydrogen (secondary N) is 1. The number of fused-ring (bicyclic) bond motifs is 1. The fraction of sp³-hybridized carbons (Fsp3) is 0.0769. The van der Waals surface area contributed by atoms with Gasteiger partial charge in [0.2, 0.25) is 0 Å². The van der Waals surface area contributed by atoms with Crippen LogP contribution in [0, 0.1) is 6.92 Å². The molecule has 0 aliphatic heterocycles. The fourth-order valence-corrected chi connectivity index (χ4v) is 2.82. The van der Waals surface area contributed by atoms with E-state index in [9.17, 15) is 9.59 Å². The van der Waals surface area contributed by atoms with E-state index in [2.05, 4.69) is 15.3 Å². The molecule has 8 heteroatoms. The zero-order chi connectivity index (χ0) is 15.0. The standard InChI is InChI=1S/C13H9ClN4O2S/c1-7-9(12(20)18-5-6-21-13(18)16-7)17-11(19)8-3-2-4-15-10(8)14/h2-6H,1H3,(H,17,19). The summed E-state index contributed by atoms with van der Waals surface area (Å²) in [6, 6.07) is 3.13. The highest BCUT2D eigenvalue weighted by atomic mass is 35.5. The molecule has 0 unspecified atom stereocenters. The minimum absolute atomic E-state index is 0.0809. The first-order valence-corrected chi connectivity index (χ1v) is 7.22. The molecule has 0 saturated heterocycles. The summed E-state index contributed by atoms with van der Waals surface area (Å²) >= 11 is 7.22. The molecule has 0 saturated carbocycles. The Hall–Kier alpha value is -2.25. The van der Waals surface area contributed by atoms with Crippen molar-refractivity contribution in [3.8, 4) is 0 Å². The smallest absolute Gasteiger partial charge is 0.282 e. The van der Waals surface area contributed by atoms with Gasteiger partial charge in [0.1, 0.15) is 10.8 Å². The van der Waals surface area contributed by atoms with Crippen LogP contribution in [0.5, 0.6) is 0 Å². The molecule has 0 aromatic carbocycles. The van der Waals surface area contributed by atoms with Crippen LogP contribution in [0.3, 0.4) is 0 Å². The Morgan fingerprint density at radius 1 is 1.48 bits per heavy atom. The van der Waals surface area contributed by atoms with Crippen LogP contribution < -0.4 is 10.9 Å². The molecule has 0 spiro atoms. The third kappa shape index (κ3) is 2.41. The lowest BCUT2D eigenvalue weighted by Crippen LogP contribution is -2.24. The van der Waals surface area contributed by atoms with Gasteiger partial charge in [-0.05, 0) is 19.1 Å². The monoisotopic (exact) mass is 320 g/mol. The Balaban J connectivity index is 2.04. The van der Waals surface area contributed by atoms with E-state index in [1.165, 1.54) is 28.0 Å². The number of aromatic nitrogens is 3. The quantitative estimate of drug-likeness (QED) is 0.735. The van der Waals surface area contributed by atoms with Gasteiger partial charge in [0.25, 0.3) is 11.5 Å². The second-order valence-electron chi connectivity index (χ2n) is 4.23. The molecule has 3 aromatic rings. The van der Waals surface area contributed by atoms with Crippen molar-refractivity contribution in [3.05, 3.63) is 56.7 Å². The van der Waals surface area contributed by atoms with E-state index in [0.717, 1.165) is 0 Å². The molecule has 3 rings (SSSR count). The van der Waals surface area contributed by atoms with Gasteiger partial charge in [-0.2, -0.15) is 0 Å². The van der Waals surface area contributed by atoms with Crippen molar-refractivity contribution in [3.63, 3.8) is 0 Å². The number of halogens is 1. The summed E-state index contributed by atoms with van der Waals surface area (Å²) in [4.78, 5) is 33.2. The first-order valence-electron chi connectivity index (χ1n) is 5.96. The van der Waals surface area contributed by atoms with Gasteiger partial charge in [-0.25, -0.2) is 9.97 Å².